The molecule has 1 aromatic carbocycles. The van der Waals surface area contributed by atoms with E-state index < -0.39 is 11.8 Å². The Labute approximate surface area is 125 Å². The minimum atomic E-state index is -0.580. The number of amides is 2. The molecule has 5 heteroatoms. The maximum absolute atomic E-state index is 12.3. The molecule has 21 heavy (non-hydrogen) atoms. The van der Waals surface area contributed by atoms with Crippen LogP contribution < -0.4 is 10.1 Å². The Morgan fingerprint density at radius 2 is 2.19 bits per heavy atom. The van der Waals surface area contributed by atoms with E-state index in [9.17, 15) is 9.59 Å². The highest BCUT2D eigenvalue weighted by atomic mass is 16.5. The number of piperidine rings is 1. The molecule has 114 valence electrons. The van der Waals surface area contributed by atoms with E-state index in [0.717, 1.165) is 25.7 Å². The summed E-state index contributed by atoms with van der Waals surface area (Å²) in [6, 6.07) is 7.17. The van der Waals surface area contributed by atoms with Gasteiger partial charge in [-0.25, -0.2) is 0 Å². The van der Waals surface area contributed by atoms with Crippen molar-refractivity contribution in [3.8, 4) is 5.75 Å². The van der Waals surface area contributed by atoms with Crippen LogP contribution in [0.1, 0.15) is 32.6 Å². The van der Waals surface area contributed by atoms with Crippen molar-refractivity contribution in [2.24, 2.45) is 0 Å². The second-order valence-electron chi connectivity index (χ2n) is 5.24. The third-order valence-corrected chi connectivity index (χ3v) is 3.88. The van der Waals surface area contributed by atoms with E-state index in [4.69, 9.17) is 4.74 Å². The summed E-state index contributed by atoms with van der Waals surface area (Å²) in [6.07, 6.45) is 3.96. The van der Waals surface area contributed by atoms with Crippen molar-refractivity contribution in [3.05, 3.63) is 24.3 Å². The minimum Gasteiger partial charge on any atom is -0.497 e. The van der Waals surface area contributed by atoms with Crippen LogP contribution >= 0.6 is 0 Å². The van der Waals surface area contributed by atoms with Crippen molar-refractivity contribution in [1.29, 1.82) is 0 Å². The Hall–Kier alpha value is -2.04. The van der Waals surface area contributed by atoms with Crippen LogP contribution in [0, 0.1) is 0 Å². The van der Waals surface area contributed by atoms with Gasteiger partial charge in [0, 0.05) is 24.3 Å². The molecular weight excluding hydrogens is 268 g/mol. The number of likely N-dealkylation sites (tertiary alicyclic amines) is 1. The van der Waals surface area contributed by atoms with Crippen LogP contribution in [0.2, 0.25) is 0 Å². The average molecular weight is 290 g/mol. The highest BCUT2D eigenvalue weighted by molar-refractivity contribution is 6.39. The lowest BCUT2D eigenvalue weighted by molar-refractivity contribution is -0.145. The van der Waals surface area contributed by atoms with Crippen molar-refractivity contribution in [2.45, 2.75) is 38.6 Å². The van der Waals surface area contributed by atoms with Crippen LogP contribution in [0.25, 0.3) is 0 Å². The number of rotatable bonds is 3. The van der Waals surface area contributed by atoms with Crippen molar-refractivity contribution < 1.29 is 14.3 Å². The normalized spacial score (nSPS) is 18.2. The van der Waals surface area contributed by atoms with Gasteiger partial charge in [-0.15, -0.1) is 0 Å². The van der Waals surface area contributed by atoms with Gasteiger partial charge in [0.1, 0.15) is 5.75 Å². The highest BCUT2D eigenvalue weighted by Gasteiger charge is 2.29. The van der Waals surface area contributed by atoms with E-state index >= 15 is 0 Å². The first-order valence-corrected chi connectivity index (χ1v) is 7.41. The molecule has 1 aromatic rings. The summed E-state index contributed by atoms with van der Waals surface area (Å²) in [5.74, 6) is -0.377. The smallest absolute Gasteiger partial charge is 0.313 e. The lowest BCUT2D eigenvalue weighted by Gasteiger charge is -2.34. The molecule has 0 aromatic heterocycles. The maximum atomic E-state index is 12.3. The molecule has 0 spiro atoms. The zero-order valence-electron chi connectivity index (χ0n) is 12.6. The van der Waals surface area contributed by atoms with Crippen LogP contribution in [0.3, 0.4) is 0 Å². The van der Waals surface area contributed by atoms with Gasteiger partial charge < -0.3 is 15.0 Å². The number of benzene rings is 1. The molecule has 1 fully saturated rings. The second-order valence-corrected chi connectivity index (χ2v) is 5.24. The molecule has 0 bridgehead atoms. The minimum absolute atomic E-state index is 0.183. The Bertz CT molecular complexity index is 516. The van der Waals surface area contributed by atoms with Gasteiger partial charge in [0.15, 0.2) is 0 Å². The SMILES string of the molecule is CCC1CCCCN1C(=O)C(=O)Nc1cccc(OC)c1. The fourth-order valence-corrected chi connectivity index (χ4v) is 2.71. The molecule has 1 aliphatic rings. The van der Waals surface area contributed by atoms with E-state index in [-0.39, 0.29) is 6.04 Å². The number of hydrogen-bond acceptors (Lipinski definition) is 3. The third kappa shape index (κ3) is 3.74. The first kappa shape index (κ1) is 15.4. The van der Waals surface area contributed by atoms with E-state index in [2.05, 4.69) is 12.2 Å². The first-order valence-electron chi connectivity index (χ1n) is 7.41. The topological polar surface area (TPSA) is 58.6 Å². The number of anilines is 1. The number of hydrogen-bond donors (Lipinski definition) is 1. The van der Waals surface area contributed by atoms with E-state index in [1.165, 1.54) is 0 Å². The average Bonchev–Trinajstić information content (AvgIpc) is 2.54. The summed E-state index contributed by atoms with van der Waals surface area (Å²) in [6.45, 7) is 2.72. The van der Waals surface area contributed by atoms with Gasteiger partial charge in [-0.1, -0.05) is 13.0 Å². The van der Waals surface area contributed by atoms with Gasteiger partial charge in [0.05, 0.1) is 7.11 Å². The lowest BCUT2D eigenvalue weighted by Crippen LogP contribution is -2.48. The standard InChI is InChI=1S/C16H22N2O3/c1-3-13-8-4-5-10-18(13)16(20)15(19)17-12-7-6-9-14(11-12)21-2/h6-7,9,11,13H,3-5,8,10H2,1-2H3,(H,17,19). The fraction of sp³-hybridized carbons (Fsp3) is 0.500. The van der Waals surface area contributed by atoms with Gasteiger partial charge >= 0.3 is 11.8 Å². The predicted molar refractivity (Wildman–Crippen MR) is 81.3 cm³/mol. The van der Waals surface area contributed by atoms with Crippen LogP contribution in [0.15, 0.2) is 24.3 Å². The molecule has 0 aliphatic carbocycles. The summed E-state index contributed by atoms with van der Waals surface area (Å²) in [5.41, 5.74) is 0.567. The first-order chi connectivity index (χ1) is 10.2. The Morgan fingerprint density at radius 3 is 2.90 bits per heavy atom. The van der Waals surface area contributed by atoms with Gasteiger partial charge in [-0.3, -0.25) is 9.59 Å². The number of methoxy groups -OCH3 is 1. The van der Waals surface area contributed by atoms with Crippen LogP contribution in [0.4, 0.5) is 5.69 Å². The van der Waals surface area contributed by atoms with E-state index in [1.807, 2.05) is 0 Å². The summed E-state index contributed by atoms with van der Waals surface area (Å²) in [7, 11) is 1.56. The quantitative estimate of drug-likeness (QED) is 0.870. The Balaban J connectivity index is 2.03. The summed E-state index contributed by atoms with van der Waals surface area (Å²) in [5, 5.41) is 2.65. The molecule has 0 radical (unpaired) electrons. The highest BCUT2D eigenvalue weighted by Crippen LogP contribution is 2.21. The number of carbonyl (C=O) groups is 2. The largest absolute Gasteiger partial charge is 0.497 e. The maximum Gasteiger partial charge on any atom is 0.313 e. The van der Waals surface area contributed by atoms with E-state index in [1.54, 1.807) is 36.3 Å². The third-order valence-electron chi connectivity index (χ3n) is 3.88. The summed E-state index contributed by atoms with van der Waals surface area (Å²) < 4.78 is 5.10. The van der Waals surface area contributed by atoms with Gasteiger partial charge in [-0.05, 0) is 37.8 Å². The Kier molecular flexibility index (Phi) is 5.20. The Morgan fingerprint density at radius 1 is 1.38 bits per heavy atom. The van der Waals surface area contributed by atoms with Crippen LogP contribution in [-0.4, -0.2) is 36.4 Å². The number of ether oxygens (including phenoxy) is 1. The fourth-order valence-electron chi connectivity index (χ4n) is 2.71. The zero-order chi connectivity index (χ0) is 15.2. The number of nitrogens with one attached hydrogen (secondary N) is 1. The van der Waals surface area contributed by atoms with Crippen molar-refractivity contribution >= 4 is 17.5 Å². The number of carbonyl (C=O) groups excluding carboxylic acids is 2. The van der Waals surface area contributed by atoms with Gasteiger partial charge in [0.2, 0.25) is 0 Å². The lowest BCUT2D eigenvalue weighted by atomic mass is 10.00. The van der Waals surface area contributed by atoms with Gasteiger partial charge in [0.25, 0.3) is 0 Å². The molecule has 0 saturated carbocycles. The molecular formula is C16H22N2O3. The van der Waals surface area contributed by atoms with Crippen molar-refractivity contribution in [3.63, 3.8) is 0 Å². The van der Waals surface area contributed by atoms with Gasteiger partial charge in [-0.2, -0.15) is 0 Å². The molecule has 2 amide bonds. The predicted octanol–water partition coefficient (Wildman–Crippen LogP) is 2.42. The van der Waals surface area contributed by atoms with Crippen LogP contribution in [-0.2, 0) is 9.59 Å². The molecule has 5 nitrogen and oxygen atoms in total. The molecule has 2 rings (SSSR count). The molecule has 1 heterocycles. The van der Waals surface area contributed by atoms with Crippen molar-refractivity contribution in [2.75, 3.05) is 19.0 Å². The molecule has 1 unspecified atom stereocenters. The molecule has 1 atom stereocenters. The monoisotopic (exact) mass is 290 g/mol. The second kappa shape index (κ2) is 7.11. The zero-order valence-corrected chi connectivity index (χ0v) is 12.6. The molecule has 1 N–H and O–H groups in total. The van der Waals surface area contributed by atoms with Crippen LogP contribution in [0.5, 0.6) is 5.75 Å². The van der Waals surface area contributed by atoms with E-state index in [0.29, 0.717) is 18.0 Å². The van der Waals surface area contributed by atoms with Crippen molar-refractivity contribution in [1.82, 2.24) is 4.90 Å². The molecule has 1 saturated heterocycles. The number of nitrogens with zero attached hydrogens (tertiary/aromatic N) is 1. The molecule has 1 aliphatic heterocycles. The summed E-state index contributed by atoms with van der Waals surface area (Å²) in [4.78, 5) is 26.1. The summed E-state index contributed by atoms with van der Waals surface area (Å²) >= 11 is 0.